The van der Waals surface area contributed by atoms with Gasteiger partial charge >= 0.3 is 0 Å². The highest BCUT2D eigenvalue weighted by Crippen LogP contribution is 2.52. The molecule has 0 atom stereocenters. The molecule has 2 aliphatic carbocycles. The van der Waals surface area contributed by atoms with E-state index < -0.39 is 0 Å². The molecule has 1 aromatic rings. The van der Waals surface area contributed by atoms with Crippen molar-refractivity contribution in [1.82, 2.24) is 0 Å². The highest BCUT2D eigenvalue weighted by Gasteiger charge is 2.43. The zero-order valence-corrected chi connectivity index (χ0v) is 7.09. The predicted octanol–water partition coefficient (Wildman–Crippen LogP) is 2.83. The second-order valence-electron chi connectivity index (χ2n) is 3.92. The van der Waals surface area contributed by atoms with Gasteiger partial charge in [0.05, 0.1) is 0 Å². The van der Waals surface area contributed by atoms with Crippen LogP contribution in [0.3, 0.4) is 0 Å². The first-order valence-electron chi connectivity index (χ1n) is 4.67. The molecule has 0 unspecified atom stereocenters. The van der Waals surface area contributed by atoms with Gasteiger partial charge in [0.2, 0.25) is 0 Å². The van der Waals surface area contributed by atoms with E-state index in [1.807, 2.05) is 0 Å². The van der Waals surface area contributed by atoms with Crippen LogP contribution in [0, 0.1) is 0 Å². The summed E-state index contributed by atoms with van der Waals surface area (Å²) in [5.74, 6) is 0. The molecule has 0 amide bonds. The van der Waals surface area contributed by atoms with Crippen molar-refractivity contribution in [3.63, 3.8) is 0 Å². The SMILES string of the molecule is C1=CC2(CC2)c2ccccc2C1. The maximum absolute atomic E-state index is 2.41. The molecule has 0 saturated heterocycles. The molecule has 0 aromatic heterocycles. The van der Waals surface area contributed by atoms with Crippen molar-refractivity contribution in [2.24, 2.45) is 0 Å². The smallest absolute Gasteiger partial charge is 0.0136 e. The van der Waals surface area contributed by atoms with Gasteiger partial charge in [-0.2, -0.15) is 0 Å². The topological polar surface area (TPSA) is 0 Å². The second kappa shape index (κ2) is 2.01. The van der Waals surface area contributed by atoms with Crippen molar-refractivity contribution in [2.45, 2.75) is 24.7 Å². The molecule has 60 valence electrons. The largest absolute Gasteiger partial charge is 0.0832 e. The number of hydrogen-bond donors (Lipinski definition) is 0. The Bertz CT molecular complexity index is 343. The van der Waals surface area contributed by atoms with Gasteiger partial charge in [-0.05, 0) is 30.4 Å². The highest BCUT2D eigenvalue weighted by molar-refractivity contribution is 5.46. The fourth-order valence-electron chi connectivity index (χ4n) is 2.26. The van der Waals surface area contributed by atoms with Gasteiger partial charge in [-0.15, -0.1) is 0 Å². The van der Waals surface area contributed by atoms with Crippen LogP contribution in [0.4, 0.5) is 0 Å². The van der Waals surface area contributed by atoms with Crippen LogP contribution in [0.1, 0.15) is 24.0 Å². The molecule has 0 N–H and O–H groups in total. The minimum absolute atomic E-state index is 0.481. The Morgan fingerprint density at radius 2 is 1.92 bits per heavy atom. The van der Waals surface area contributed by atoms with Crippen molar-refractivity contribution in [2.75, 3.05) is 0 Å². The van der Waals surface area contributed by atoms with Crippen molar-refractivity contribution in [3.8, 4) is 0 Å². The van der Waals surface area contributed by atoms with Crippen LogP contribution in [-0.4, -0.2) is 0 Å². The van der Waals surface area contributed by atoms with E-state index in [0.29, 0.717) is 5.41 Å². The van der Waals surface area contributed by atoms with E-state index >= 15 is 0 Å². The first kappa shape index (κ1) is 6.47. The molecule has 0 nitrogen and oxygen atoms in total. The summed E-state index contributed by atoms with van der Waals surface area (Å²) in [4.78, 5) is 0. The third kappa shape index (κ3) is 0.726. The average Bonchev–Trinajstić information content (AvgIpc) is 2.87. The first-order valence-corrected chi connectivity index (χ1v) is 4.67. The van der Waals surface area contributed by atoms with Crippen LogP contribution >= 0.6 is 0 Å². The summed E-state index contributed by atoms with van der Waals surface area (Å²) < 4.78 is 0. The molecule has 3 rings (SSSR count). The van der Waals surface area contributed by atoms with Gasteiger partial charge in [-0.3, -0.25) is 0 Å². The van der Waals surface area contributed by atoms with Gasteiger partial charge in [0.1, 0.15) is 0 Å². The summed E-state index contributed by atoms with van der Waals surface area (Å²) in [7, 11) is 0. The first-order chi connectivity index (χ1) is 5.91. The highest BCUT2D eigenvalue weighted by atomic mass is 14.5. The molecule has 0 heterocycles. The molecule has 0 bridgehead atoms. The van der Waals surface area contributed by atoms with E-state index in [1.165, 1.54) is 18.4 Å². The summed E-state index contributed by atoms with van der Waals surface area (Å²) in [5, 5.41) is 0. The van der Waals surface area contributed by atoms with E-state index in [9.17, 15) is 0 Å². The quantitative estimate of drug-likeness (QED) is 0.507. The summed E-state index contributed by atoms with van der Waals surface area (Å²) in [6, 6.07) is 8.87. The van der Waals surface area contributed by atoms with Gasteiger partial charge < -0.3 is 0 Å². The summed E-state index contributed by atoms with van der Waals surface area (Å²) >= 11 is 0. The molecule has 1 spiro atoms. The summed E-state index contributed by atoms with van der Waals surface area (Å²) in [5.41, 5.74) is 3.61. The molecule has 1 fully saturated rings. The van der Waals surface area contributed by atoms with Gasteiger partial charge in [-0.1, -0.05) is 36.4 Å². The van der Waals surface area contributed by atoms with Crippen molar-refractivity contribution in [1.29, 1.82) is 0 Å². The minimum Gasteiger partial charge on any atom is -0.0832 e. The molecule has 1 aromatic carbocycles. The van der Waals surface area contributed by atoms with E-state index in [4.69, 9.17) is 0 Å². The Morgan fingerprint density at radius 3 is 2.75 bits per heavy atom. The molecule has 2 aliphatic rings. The molecule has 0 heteroatoms. The monoisotopic (exact) mass is 156 g/mol. The minimum atomic E-state index is 0.481. The zero-order chi connectivity index (χ0) is 8.02. The number of rotatable bonds is 0. The van der Waals surface area contributed by atoms with Crippen LogP contribution in [0.15, 0.2) is 36.4 Å². The van der Waals surface area contributed by atoms with Crippen LogP contribution in [-0.2, 0) is 11.8 Å². The Labute approximate surface area is 72.9 Å². The van der Waals surface area contributed by atoms with Crippen molar-refractivity contribution < 1.29 is 0 Å². The standard InChI is InChI=1S/C12H12/c1-2-6-11-10(4-1)5-3-7-12(11)8-9-12/h1-4,6-7H,5,8-9H2. The summed E-state index contributed by atoms with van der Waals surface area (Å²) in [6.45, 7) is 0. The van der Waals surface area contributed by atoms with E-state index in [2.05, 4.69) is 36.4 Å². The number of allylic oxidation sites excluding steroid dienone is 2. The summed E-state index contributed by atoms with van der Waals surface area (Å²) in [6.07, 6.45) is 8.60. The lowest BCUT2D eigenvalue weighted by Gasteiger charge is -2.19. The zero-order valence-electron chi connectivity index (χ0n) is 7.09. The number of benzene rings is 1. The molecular formula is C12H12. The molecule has 0 radical (unpaired) electrons. The fraction of sp³-hybridized carbons (Fsp3) is 0.333. The number of fused-ring (bicyclic) bond motifs is 2. The normalized spacial score (nSPS) is 22.3. The lowest BCUT2D eigenvalue weighted by Crippen LogP contribution is -2.10. The van der Waals surface area contributed by atoms with Crippen molar-refractivity contribution in [3.05, 3.63) is 47.5 Å². The molecule has 1 saturated carbocycles. The van der Waals surface area contributed by atoms with Crippen LogP contribution < -0.4 is 0 Å². The fourth-order valence-corrected chi connectivity index (χ4v) is 2.26. The average molecular weight is 156 g/mol. The number of hydrogen-bond acceptors (Lipinski definition) is 0. The van der Waals surface area contributed by atoms with E-state index in [-0.39, 0.29) is 0 Å². The van der Waals surface area contributed by atoms with Gasteiger partial charge in [-0.25, -0.2) is 0 Å². The Hall–Kier alpha value is -1.04. The Kier molecular flexibility index (Phi) is 1.08. The van der Waals surface area contributed by atoms with Crippen LogP contribution in [0.2, 0.25) is 0 Å². The molecular weight excluding hydrogens is 144 g/mol. The third-order valence-corrected chi connectivity index (χ3v) is 3.12. The van der Waals surface area contributed by atoms with Gasteiger partial charge in [0.25, 0.3) is 0 Å². The van der Waals surface area contributed by atoms with Crippen LogP contribution in [0.25, 0.3) is 0 Å². The van der Waals surface area contributed by atoms with Gasteiger partial charge in [0, 0.05) is 5.41 Å². The third-order valence-electron chi connectivity index (χ3n) is 3.12. The molecule has 0 aliphatic heterocycles. The van der Waals surface area contributed by atoms with Crippen molar-refractivity contribution >= 4 is 0 Å². The van der Waals surface area contributed by atoms with E-state index in [0.717, 1.165) is 6.42 Å². The van der Waals surface area contributed by atoms with Crippen LogP contribution in [0.5, 0.6) is 0 Å². The predicted molar refractivity (Wildman–Crippen MR) is 50.2 cm³/mol. The Morgan fingerprint density at radius 1 is 1.08 bits per heavy atom. The van der Waals surface area contributed by atoms with E-state index in [1.54, 1.807) is 5.56 Å². The molecule has 12 heavy (non-hydrogen) atoms. The van der Waals surface area contributed by atoms with Gasteiger partial charge in [0.15, 0.2) is 0 Å². The second-order valence-corrected chi connectivity index (χ2v) is 3.92. The lowest BCUT2D eigenvalue weighted by molar-refractivity contribution is 0.842. The Balaban J connectivity index is 2.21. The lowest BCUT2D eigenvalue weighted by atomic mass is 9.85. The maximum Gasteiger partial charge on any atom is 0.0136 e. The maximum atomic E-state index is 2.41.